The van der Waals surface area contributed by atoms with Crippen LogP contribution in [0.4, 0.5) is 11.4 Å². The summed E-state index contributed by atoms with van der Waals surface area (Å²) in [6.45, 7) is 1.99. The van der Waals surface area contributed by atoms with Crippen molar-refractivity contribution < 1.29 is 9.90 Å². The molecule has 1 amide bonds. The van der Waals surface area contributed by atoms with Crippen LogP contribution in [0.1, 0.15) is 11.1 Å². The van der Waals surface area contributed by atoms with Crippen LogP contribution in [-0.4, -0.2) is 24.3 Å². The molecule has 0 radical (unpaired) electrons. The average Bonchev–Trinajstić information content (AvgIpc) is 2.53. The van der Waals surface area contributed by atoms with E-state index >= 15 is 0 Å². The minimum atomic E-state index is -0.958. The van der Waals surface area contributed by atoms with Crippen LogP contribution in [0, 0.1) is 6.92 Å². The summed E-state index contributed by atoms with van der Waals surface area (Å²) in [5, 5.41) is 13.2. The Morgan fingerprint density at radius 2 is 1.82 bits per heavy atom. The number of nitrogens with zero attached hydrogens (tertiary/aromatic N) is 1. The number of carbonyl (C=O) groups is 1. The first kappa shape index (κ1) is 14.4. The fraction of sp³-hybridized carbons (Fsp3) is 0.167. The minimum absolute atomic E-state index is 0.294. The van der Waals surface area contributed by atoms with Crippen molar-refractivity contribution in [3.8, 4) is 0 Å². The van der Waals surface area contributed by atoms with E-state index in [1.165, 1.54) is 0 Å². The molecule has 4 nitrogen and oxygen atoms in total. The Balaban J connectivity index is 1.89. The van der Waals surface area contributed by atoms with E-state index in [1.54, 1.807) is 18.0 Å². The van der Waals surface area contributed by atoms with E-state index in [4.69, 9.17) is 0 Å². The van der Waals surface area contributed by atoms with Gasteiger partial charge in [0, 0.05) is 18.4 Å². The zero-order valence-electron chi connectivity index (χ0n) is 12.6. The molecule has 0 fully saturated rings. The summed E-state index contributed by atoms with van der Waals surface area (Å²) in [5.74, 6) is -0.294. The third-order valence-electron chi connectivity index (χ3n) is 3.84. The van der Waals surface area contributed by atoms with Gasteiger partial charge in [-0.25, -0.2) is 0 Å². The van der Waals surface area contributed by atoms with Crippen molar-refractivity contribution in [1.82, 2.24) is 0 Å². The molecule has 22 heavy (non-hydrogen) atoms. The lowest BCUT2D eigenvalue weighted by molar-refractivity contribution is -0.113. The van der Waals surface area contributed by atoms with Gasteiger partial charge in [0.1, 0.15) is 0 Å². The number of carbonyl (C=O) groups excluding carboxylic acids is 1. The molecule has 2 aromatic carbocycles. The van der Waals surface area contributed by atoms with Crippen molar-refractivity contribution in [3.05, 3.63) is 65.2 Å². The molecule has 0 saturated heterocycles. The van der Waals surface area contributed by atoms with Crippen LogP contribution in [0.2, 0.25) is 0 Å². The fourth-order valence-electron chi connectivity index (χ4n) is 2.54. The number of fused-ring (bicyclic) bond motifs is 1. The van der Waals surface area contributed by atoms with Gasteiger partial charge in [-0.1, -0.05) is 35.9 Å². The van der Waals surface area contributed by atoms with E-state index < -0.39 is 6.23 Å². The van der Waals surface area contributed by atoms with Crippen molar-refractivity contribution in [1.29, 1.82) is 0 Å². The summed E-state index contributed by atoms with van der Waals surface area (Å²) >= 11 is 0. The van der Waals surface area contributed by atoms with Gasteiger partial charge in [0.2, 0.25) is 0 Å². The number of aliphatic hydroxyl groups is 1. The smallest absolute Gasteiger partial charge is 0.256 e. The molecule has 0 spiro atoms. The average molecular weight is 294 g/mol. The molecule has 0 saturated carbocycles. The maximum Gasteiger partial charge on any atom is 0.256 e. The van der Waals surface area contributed by atoms with Crippen molar-refractivity contribution in [2.24, 2.45) is 0 Å². The van der Waals surface area contributed by atoms with Crippen molar-refractivity contribution in [3.63, 3.8) is 0 Å². The van der Waals surface area contributed by atoms with E-state index in [0.29, 0.717) is 11.3 Å². The summed E-state index contributed by atoms with van der Waals surface area (Å²) in [5.41, 5.74) is 4.00. The topological polar surface area (TPSA) is 52.6 Å². The first-order valence-corrected chi connectivity index (χ1v) is 7.16. The predicted octanol–water partition coefficient (Wildman–Crippen LogP) is 2.79. The minimum Gasteiger partial charge on any atom is -0.369 e. The highest BCUT2D eigenvalue weighted by molar-refractivity contribution is 6.09. The lowest BCUT2D eigenvalue weighted by Gasteiger charge is -2.32. The summed E-state index contributed by atoms with van der Waals surface area (Å²) in [6.07, 6.45) is 0.782. The number of anilines is 2. The van der Waals surface area contributed by atoms with Gasteiger partial charge in [0.25, 0.3) is 5.91 Å². The lowest BCUT2D eigenvalue weighted by Crippen LogP contribution is -2.39. The second-order valence-corrected chi connectivity index (χ2v) is 5.46. The van der Waals surface area contributed by atoms with Crippen molar-refractivity contribution in [2.75, 3.05) is 17.3 Å². The van der Waals surface area contributed by atoms with Crippen LogP contribution >= 0.6 is 0 Å². The quantitative estimate of drug-likeness (QED) is 0.895. The first-order chi connectivity index (χ1) is 10.6. The molecular weight excluding hydrogens is 276 g/mol. The highest BCUT2D eigenvalue weighted by atomic mass is 16.3. The number of hydrogen-bond donors (Lipinski definition) is 2. The molecule has 0 bridgehead atoms. The third-order valence-corrected chi connectivity index (χ3v) is 3.84. The van der Waals surface area contributed by atoms with Gasteiger partial charge < -0.3 is 15.3 Å². The van der Waals surface area contributed by atoms with Crippen LogP contribution in [0.5, 0.6) is 0 Å². The molecule has 0 aromatic heterocycles. The Kier molecular flexibility index (Phi) is 3.69. The molecular formula is C18H18N2O2. The van der Waals surface area contributed by atoms with Gasteiger partial charge in [-0.05, 0) is 36.8 Å². The number of aliphatic hydroxyl groups excluding tert-OH is 1. The van der Waals surface area contributed by atoms with E-state index in [1.807, 2.05) is 55.5 Å². The zero-order valence-corrected chi connectivity index (χ0v) is 12.6. The number of likely N-dealkylation sites (N-methyl/N-ethyl adjacent to an activating group) is 1. The Bertz CT molecular complexity index is 735. The molecule has 3 rings (SSSR count). The SMILES string of the molecule is Cc1ccc(NC(=O)C2=Cc3ccccc3N(C)C2O)cc1. The number of hydrogen-bond acceptors (Lipinski definition) is 3. The molecule has 1 aliphatic heterocycles. The number of para-hydroxylation sites is 1. The van der Waals surface area contributed by atoms with E-state index in [9.17, 15) is 9.90 Å². The van der Waals surface area contributed by atoms with E-state index in [0.717, 1.165) is 16.8 Å². The molecule has 1 unspecified atom stereocenters. The fourth-order valence-corrected chi connectivity index (χ4v) is 2.54. The second-order valence-electron chi connectivity index (χ2n) is 5.46. The molecule has 1 atom stereocenters. The van der Waals surface area contributed by atoms with Crippen LogP contribution in [0.15, 0.2) is 54.1 Å². The van der Waals surface area contributed by atoms with Gasteiger partial charge in [-0.2, -0.15) is 0 Å². The van der Waals surface area contributed by atoms with Crippen LogP contribution < -0.4 is 10.2 Å². The van der Waals surface area contributed by atoms with Crippen LogP contribution in [0.25, 0.3) is 6.08 Å². The molecule has 2 N–H and O–H groups in total. The van der Waals surface area contributed by atoms with E-state index in [-0.39, 0.29) is 5.91 Å². The number of nitrogens with one attached hydrogen (secondary N) is 1. The largest absolute Gasteiger partial charge is 0.369 e. The molecule has 1 heterocycles. The van der Waals surface area contributed by atoms with Gasteiger partial charge in [0.05, 0.1) is 5.57 Å². The molecule has 2 aromatic rings. The monoisotopic (exact) mass is 294 g/mol. The highest BCUT2D eigenvalue weighted by Gasteiger charge is 2.28. The molecule has 4 heteroatoms. The first-order valence-electron chi connectivity index (χ1n) is 7.16. The highest BCUT2D eigenvalue weighted by Crippen LogP contribution is 2.30. The molecule has 112 valence electrons. The normalized spacial score (nSPS) is 16.8. The Morgan fingerprint density at radius 1 is 1.14 bits per heavy atom. The number of aryl methyl sites for hydroxylation is 1. The molecule has 0 aliphatic carbocycles. The van der Waals surface area contributed by atoms with Gasteiger partial charge in [-0.3, -0.25) is 4.79 Å². The van der Waals surface area contributed by atoms with Gasteiger partial charge in [0.15, 0.2) is 6.23 Å². The number of amides is 1. The Morgan fingerprint density at radius 3 is 2.55 bits per heavy atom. The maximum atomic E-state index is 12.5. The standard InChI is InChI=1S/C18H18N2O2/c1-12-7-9-14(10-8-12)19-17(21)15-11-13-5-3-4-6-16(13)20(2)18(15)22/h3-11,18,22H,1-2H3,(H,19,21). The summed E-state index contributed by atoms with van der Waals surface area (Å²) in [6, 6.07) is 15.2. The van der Waals surface area contributed by atoms with Gasteiger partial charge in [-0.15, -0.1) is 0 Å². The second kappa shape index (κ2) is 5.66. The zero-order chi connectivity index (χ0) is 15.7. The number of benzene rings is 2. The Labute approximate surface area is 129 Å². The Hall–Kier alpha value is -2.59. The predicted molar refractivity (Wildman–Crippen MR) is 88.6 cm³/mol. The summed E-state index contributed by atoms with van der Waals surface area (Å²) in [4.78, 5) is 14.1. The van der Waals surface area contributed by atoms with Crippen LogP contribution in [0.3, 0.4) is 0 Å². The number of rotatable bonds is 2. The van der Waals surface area contributed by atoms with Crippen LogP contribution in [-0.2, 0) is 4.79 Å². The van der Waals surface area contributed by atoms with Gasteiger partial charge >= 0.3 is 0 Å². The lowest BCUT2D eigenvalue weighted by atomic mass is 10.0. The summed E-state index contributed by atoms with van der Waals surface area (Å²) < 4.78 is 0. The van der Waals surface area contributed by atoms with Crippen molar-refractivity contribution >= 4 is 23.4 Å². The van der Waals surface area contributed by atoms with E-state index in [2.05, 4.69) is 5.32 Å². The van der Waals surface area contributed by atoms with Crippen molar-refractivity contribution in [2.45, 2.75) is 13.2 Å². The third kappa shape index (κ3) is 2.61. The maximum absolute atomic E-state index is 12.5. The summed E-state index contributed by atoms with van der Waals surface area (Å²) in [7, 11) is 1.77. The molecule has 1 aliphatic rings.